The van der Waals surface area contributed by atoms with Crippen molar-refractivity contribution in [3.8, 4) is 0 Å². The van der Waals surface area contributed by atoms with Crippen molar-refractivity contribution >= 4 is 22.9 Å². The van der Waals surface area contributed by atoms with Crippen molar-refractivity contribution in [3.63, 3.8) is 0 Å². The van der Waals surface area contributed by atoms with Crippen LogP contribution in [-0.2, 0) is 16.0 Å². The molecule has 140 valence electrons. The van der Waals surface area contributed by atoms with Crippen molar-refractivity contribution in [2.45, 2.75) is 51.6 Å². The second kappa shape index (κ2) is 7.40. The molecule has 1 aliphatic rings. The van der Waals surface area contributed by atoms with Crippen molar-refractivity contribution in [2.24, 2.45) is 0 Å². The predicted octanol–water partition coefficient (Wildman–Crippen LogP) is 3.23. The predicted molar refractivity (Wildman–Crippen MR) is 101 cm³/mol. The summed E-state index contributed by atoms with van der Waals surface area (Å²) < 4.78 is 5.24. The van der Waals surface area contributed by atoms with E-state index in [1.54, 1.807) is 0 Å². The molecule has 3 rings (SSSR count). The van der Waals surface area contributed by atoms with Gasteiger partial charge in [0.05, 0.1) is 5.92 Å². The molecule has 2 aromatic rings. The summed E-state index contributed by atoms with van der Waals surface area (Å²) in [4.78, 5) is 27.7. The number of ether oxygens (including phenoxy) is 1. The highest BCUT2D eigenvalue weighted by atomic mass is 16.6. The van der Waals surface area contributed by atoms with Crippen molar-refractivity contribution in [3.05, 3.63) is 35.5 Å². The molecular formula is C20H27N3O3. The van der Waals surface area contributed by atoms with Crippen molar-refractivity contribution < 1.29 is 14.3 Å². The third-order valence-electron chi connectivity index (χ3n) is 4.54. The fraction of sp³-hybridized carbons (Fsp3) is 0.500. The standard InChI is InChI=1S/C20H27N3O3/c1-20(2,3)26-19(25)22-10-5-7-15-14-6-4-8-16-17(14)13(12-23-16)9-11-21-18(15)24/h4,6,8,12,15,23H,5,7,9-11H2,1-3H3,(H,21,24)(H,22,25). The Morgan fingerprint density at radius 2 is 2.15 bits per heavy atom. The van der Waals surface area contributed by atoms with Crippen LogP contribution in [0.4, 0.5) is 4.79 Å². The zero-order valence-electron chi connectivity index (χ0n) is 15.6. The first-order valence-corrected chi connectivity index (χ1v) is 9.18. The van der Waals surface area contributed by atoms with Crippen LogP contribution in [0.15, 0.2) is 24.4 Å². The van der Waals surface area contributed by atoms with E-state index < -0.39 is 11.7 Å². The van der Waals surface area contributed by atoms with Crippen LogP contribution in [0.1, 0.15) is 50.7 Å². The number of hydrogen-bond acceptors (Lipinski definition) is 3. The van der Waals surface area contributed by atoms with Crippen LogP contribution in [0.5, 0.6) is 0 Å². The largest absolute Gasteiger partial charge is 0.444 e. The molecule has 6 nitrogen and oxygen atoms in total. The van der Waals surface area contributed by atoms with E-state index in [1.165, 1.54) is 10.9 Å². The summed E-state index contributed by atoms with van der Waals surface area (Å²) in [6.45, 7) is 6.63. The first-order valence-electron chi connectivity index (χ1n) is 9.18. The van der Waals surface area contributed by atoms with Crippen molar-refractivity contribution in [2.75, 3.05) is 13.1 Å². The Morgan fingerprint density at radius 3 is 2.92 bits per heavy atom. The molecule has 0 bridgehead atoms. The number of rotatable bonds is 4. The first kappa shape index (κ1) is 18.3. The fourth-order valence-electron chi connectivity index (χ4n) is 3.46. The number of carbonyl (C=O) groups excluding carboxylic acids is 2. The van der Waals surface area contributed by atoms with E-state index in [0.29, 0.717) is 25.9 Å². The smallest absolute Gasteiger partial charge is 0.407 e. The van der Waals surface area contributed by atoms with E-state index in [9.17, 15) is 9.59 Å². The van der Waals surface area contributed by atoms with Gasteiger partial charge in [-0.05, 0) is 57.2 Å². The summed E-state index contributed by atoms with van der Waals surface area (Å²) >= 11 is 0. The SMILES string of the molecule is CC(C)(C)OC(=O)NCCCC1C(=O)NCCc2c[nH]c3cccc1c23. The molecule has 0 spiro atoms. The minimum atomic E-state index is -0.510. The van der Waals surface area contributed by atoms with E-state index >= 15 is 0 Å². The fourth-order valence-corrected chi connectivity index (χ4v) is 3.46. The van der Waals surface area contributed by atoms with E-state index in [0.717, 1.165) is 17.5 Å². The van der Waals surface area contributed by atoms with Gasteiger partial charge in [-0.3, -0.25) is 4.79 Å². The molecule has 0 saturated carbocycles. The summed E-state index contributed by atoms with van der Waals surface area (Å²) in [5, 5.41) is 6.96. The van der Waals surface area contributed by atoms with Gasteiger partial charge in [-0.15, -0.1) is 0 Å². The minimum absolute atomic E-state index is 0.0571. The summed E-state index contributed by atoms with van der Waals surface area (Å²) in [6.07, 6.45) is 3.82. The Balaban J connectivity index is 1.68. The van der Waals surface area contributed by atoms with Crippen LogP contribution >= 0.6 is 0 Å². The number of aromatic nitrogens is 1. The van der Waals surface area contributed by atoms with Crippen LogP contribution < -0.4 is 10.6 Å². The molecule has 26 heavy (non-hydrogen) atoms. The van der Waals surface area contributed by atoms with E-state index in [2.05, 4.69) is 15.6 Å². The molecule has 1 unspecified atom stereocenters. The number of alkyl carbamates (subject to hydrolysis) is 1. The van der Waals surface area contributed by atoms with Gasteiger partial charge in [0.25, 0.3) is 0 Å². The highest BCUT2D eigenvalue weighted by Gasteiger charge is 2.25. The Labute approximate surface area is 153 Å². The van der Waals surface area contributed by atoms with E-state index in [-0.39, 0.29) is 11.8 Å². The van der Waals surface area contributed by atoms with Gasteiger partial charge in [-0.25, -0.2) is 4.79 Å². The monoisotopic (exact) mass is 357 g/mol. The van der Waals surface area contributed by atoms with Crippen LogP contribution in [0.3, 0.4) is 0 Å². The second-order valence-electron chi connectivity index (χ2n) is 7.75. The Kier molecular flexibility index (Phi) is 5.20. The molecule has 1 aromatic heterocycles. The molecule has 1 aromatic carbocycles. The Bertz CT molecular complexity index is 804. The van der Waals surface area contributed by atoms with Gasteiger partial charge in [-0.1, -0.05) is 12.1 Å². The lowest BCUT2D eigenvalue weighted by molar-refractivity contribution is -0.122. The van der Waals surface area contributed by atoms with Crippen molar-refractivity contribution in [1.82, 2.24) is 15.6 Å². The molecule has 1 aliphatic heterocycles. The molecule has 0 aliphatic carbocycles. The number of amides is 2. The van der Waals surface area contributed by atoms with Gasteiger partial charge < -0.3 is 20.4 Å². The third kappa shape index (κ3) is 4.18. The normalized spacial score (nSPS) is 17.3. The maximum Gasteiger partial charge on any atom is 0.407 e. The molecule has 6 heteroatoms. The number of H-pyrrole nitrogens is 1. The van der Waals surface area contributed by atoms with Crippen LogP contribution in [-0.4, -0.2) is 35.7 Å². The number of nitrogens with one attached hydrogen (secondary N) is 3. The molecule has 0 saturated heterocycles. The minimum Gasteiger partial charge on any atom is -0.444 e. The van der Waals surface area contributed by atoms with Gasteiger partial charge in [0.2, 0.25) is 5.91 Å². The van der Waals surface area contributed by atoms with Crippen LogP contribution in [0, 0.1) is 0 Å². The zero-order valence-corrected chi connectivity index (χ0v) is 15.6. The quantitative estimate of drug-likeness (QED) is 0.735. The Morgan fingerprint density at radius 1 is 1.35 bits per heavy atom. The summed E-state index contributed by atoms with van der Waals surface area (Å²) in [5.74, 6) is -0.157. The molecule has 0 radical (unpaired) electrons. The number of hydrogen-bond donors (Lipinski definition) is 3. The van der Waals surface area contributed by atoms with Gasteiger partial charge >= 0.3 is 6.09 Å². The van der Waals surface area contributed by atoms with Gasteiger partial charge in [-0.2, -0.15) is 0 Å². The average molecular weight is 357 g/mol. The highest BCUT2D eigenvalue weighted by Crippen LogP contribution is 2.32. The lowest BCUT2D eigenvalue weighted by atomic mass is 9.88. The molecule has 2 heterocycles. The van der Waals surface area contributed by atoms with Crippen molar-refractivity contribution in [1.29, 1.82) is 0 Å². The average Bonchev–Trinajstić information content (AvgIpc) is 2.95. The lowest BCUT2D eigenvalue weighted by Crippen LogP contribution is -2.34. The number of aromatic amines is 1. The maximum atomic E-state index is 12.6. The topological polar surface area (TPSA) is 83.2 Å². The maximum absolute atomic E-state index is 12.6. The van der Waals surface area contributed by atoms with E-state index in [1.807, 2.05) is 45.2 Å². The zero-order chi connectivity index (χ0) is 18.7. The molecule has 2 amide bonds. The molecular weight excluding hydrogens is 330 g/mol. The van der Waals surface area contributed by atoms with Crippen LogP contribution in [0.25, 0.3) is 10.9 Å². The van der Waals surface area contributed by atoms with Gasteiger partial charge in [0, 0.05) is 30.2 Å². The summed E-state index contributed by atoms with van der Waals surface area (Å²) in [5.41, 5.74) is 2.87. The number of benzene rings is 1. The summed E-state index contributed by atoms with van der Waals surface area (Å²) in [7, 11) is 0. The third-order valence-corrected chi connectivity index (χ3v) is 4.54. The molecule has 0 fully saturated rings. The highest BCUT2D eigenvalue weighted by molar-refractivity contribution is 5.94. The van der Waals surface area contributed by atoms with Crippen LogP contribution in [0.2, 0.25) is 0 Å². The molecule has 3 N–H and O–H groups in total. The second-order valence-corrected chi connectivity index (χ2v) is 7.75. The lowest BCUT2D eigenvalue weighted by Gasteiger charge is -2.22. The molecule has 1 atom stereocenters. The first-order chi connectivity index (χ1) is 12.3. The van der Waals surface area contributed by atoms with Gasteiger partial charge in [0.1, 0.15) is 5.60 Å². The van der Waals surface area contributed by atoms with E-state index in [4.69, 9.17) is 4.74 Å². The summed E-state index contributed by atoms with van der Waals surface area (Å²) in [6, 6.07) is 6.07. The Hall–Kier alpha value is -2.50. The number of carbonyl (C=O) groups is 2. The van der Waals surface area contributed by atoms with Gasteiger partial charge in [0.15, 0.2) is 0 Å².